The summed E-state index contributed by atoms with van der Waals surface area (Å²) in [6, 6.07) is 7.73. The fourth-order valence-electron chi connectivity index (χ4n) is 1.01. The highest BCUT2D eigenvalue weighted by molar-refractivity contribution is 7.89. The number of carbonyl (C=O) groups is 1. The van der Waals surface area contributed by atoms with Crippen LogP contribution in [0.1, 0.15) is 0 Å². The fourth-order valence-corrected chi connectivity index (χ4v) is 2.06. The third-order valence-electron chi connectivity index (χ3n) is 1.76. The Hall–Kier alpha value is -1.60. The van der Waals surface area contributed by atoms with E-state index in [0.717, 1.165) is 12.1 Å². The molecule has 0 heterocycles. The summed E-state index contributed by atoms with van der Waals surface area (Å²) in [5.41, 5.74) is 0. The first-order valence-corrected chi connectivity index (χ1v) is 5.85. The van der Waals surface area contributed by atoms with E-state index in [1.807, 2.05) is 0 Å². The number of rotatable bonds is 3. The molecule has 88 valence electrons. The lowest BCUT2D eigenvalue weighted by Crippen LogP contribution is -2.43. The van der Waals surface area contributed by atoms with Gasteiger partial charge in [-0.2, -0.15) is 0 Å². The maximum absolute atomic E-state index is 11.7. The summed E-state index contributed by atoms with van der Waals surface area (Å²) in [7, 11) is -1.32. The molecule has 0 unspecified atom stereocenters. The summed E-state index contributed by atoms with van der Waals surface area (Å²) in [5, 5.41) is 0.752. The second-order valence-corrected chi connectivity index (χ2v) is 4.60. The van der Waals surface area contributed by atoms with Gasteiger partial charge in [0.15, 0.2) is 0 Å². The third-order valence-corrected chi connectivity index (χ3v) is 3.17. The van der Waals surface area contributed by atoms with Crippen molar-refractivity contribution in [2.45, 2.75) is 4.90 Å². The highest BCUT2D eigenvalue weighted by Gasteiger charge is 2.18. The summed E-state index contributed by atoms with van der Waals surface area (Å²) < 4.78 is 27.8. The van der Waals surface area contributed by atoms with Crippen LogP contribution < -0.4 is 4.83 Å². The molecule has 1 aromatic carbocycles. The van der Waals surface area contributed by atoms with Crippen LogP contribution in [0.2, 0.25) is 0 Å². The van der Waals surface area contributed by atoms with Crippen molar-refractivity contribution in [2.24, 2.45) is 0 Å². The zero-order valence-corrected chi connectivity index (χ0v) is 9.69. The van der Waals surface area contributed by atoms with Crippen LogP contribution in [0.4, 0.5) is 4.79 Å². The van der Waals surface area contributed by atoms with Crippen LogP contribution in [-0.4, -0.2) is 33.7 Å². The average Bonchev–Trinajstić information content (AvgIpc) is 2.28. The highest BCUT2D eigenvalue weighted by atomic mass is 32.2. The van der Waals surface area contributed by atoms with Crippen LogP contribution in [-0.2, 0) is 14.8 Å². The standard InChI is InChI=1S/C9H12N2O4S/c1-11(9(12)15-2)10-16(13,14)8-6-4-3-5-7-8/h3-7,10H,1-2H3. The van der Waals surface area contributed by atoms with E-state index in [1.54, 1.807) is 18.2 Å². The lowest BCUT2D eigenvalue weighted by atomic mass is 10.4. The van der Waals surface area contributed by atoms with Gasteiger partial charge in [-0.1, -0.05) is 18.2 Å². The van der Waals surface area contributed by atoms with Gasteiger partial charge < -0.3 is 4.74 Å². The van der Waals surface area contributed by atoms with Crippen LogP contribution in [0.15, 0.2) is 35.2 Å². The molecule has 6 nitrogen and oxygen atoms in total. The Bertz CT molecular complexity index is 458. The zero-order valence-electron chi connectivity index (χ0n) is 8.88. The van der Waals surface area contributed by atoms with E-state index in [-0.39, 0.29) is 4.90 Å². The van der Waals surface area contributed by atoms with E-state index in [2.05, 4.69) is 9.57 Å². The lowest BCUT2D eigenvalue weighted by molar-refractivity contribution is 0.126. The first-order chi connectivity index (χ1) is 7.47. The highest BCUT2D eigenvalue weighted by Crippen LogP contribution is 2.07. The number of ether oxygens (including phenoxy) is 1. The Morgan fingerprint density at radius 2 is 1.88 bits per heavy atom. The number of amides is 1. The van der Waals surface area contributed by atoms with Gasteiger partial charge in [-0.15, -0.1) is 4.83 Å². The Morgan fingerprint density at radius 1 is 1.31 bits per heavy atom. The van der Waals surface area contributed by atoms with E-state index in [4.69, 9.17) is 0 Å². The van der Waals surface area contributed by atoms with Crippen LogP contribution >= 0.6 is 0 Å². The predicted molar refractivity (Wildman–Crippen MR) is 56.9 cm³/mol. The molecule has 1 N–H and O–H groups in total. The molecule has 0 aliphatic rings. The average molecular weight is 244 g/mol. The molecule has 16 heavy (non-hydrogen) atoms. The maximum atomic E-state index is 11.7. The Kier molecular flexibility index (Phi) is 3.86. The van der Waals surface area contributed by atoms with Crippen molar-refractivity contribution in [1.29, 1.82) is 0 Å². The summed E-state index contributed by atoms with van der Waals surface area (Å²) in [5.74, 6) is 0. The monoisotopic (exact) mass is 244 g/mol. The van der Waals surface area contributed by atoms with Crippen LogP contribution in [0.5, 0.6) is 0 Å². The van der Waals surface area contributed by atoms with Gasteiger partial charge in [0.05, 0.1) is 12.0 Å². The van der Waals surface area contributed by atoms with Crippen LogP contribution in [0.3, 0.4) is 0 Å². The van der Waals surface area contributed by atoms with Crippen LogP contribution in [0.25, 0.3) is 0 Å². The molecule has 0 bridgehead atoms. The minimum Gasteiger partial charge on any atom is -0.452 e. The smallest absolute Gasteiger partial charge is 0.424 e. The van der Waals surface area contributed by atoms with Gasteiger partial charge in [-0.25, -0.2) is 18.2 Å². The number of hydrogen-bond donors (Lipinski definition) is 1. The molecule has 1 amide bonds. The number of nitrogens with zero attached hydrogens (tertiary/aromatic N) is 1. The van der Waals surface area contributed by atoms with Gasteiger partial charge >= 0.3 is 6.09 Å². The number of methoxy groups -OCH3 is 1. The van der Waals surface area contributed by atoms with E-state index in [0.29, 0.717) is 0 Å². The molecule has 0 saturated heterocycles. The SMILES string of the molecule is COC(=O)N(C)NS(=O)(=O)c1ccccc1. The van der Waals surface area contributed by atoms with Crippen molar-refractivity contribution in [3.05, 3.63) is 30.3 Å². The van der Waals surface area contributed by atoms with E-state index >= 15 is 0 Å². The van der Waals surface area contributed by atoms with E-state index in [9.17, 15) is 13.2 Å². The quantitative estimate of drug-likeness (QED) is 0.789. The molecule has 0 atom stereocenters. The number of hydrogen-bond acceptors (Lipinski definition) is 4. The molecular formula is C9H12N2O4S. The molecule has 0 fully saturated rings. The molecule has 0 spiro atoms. The molecule has 0 radical (unpaired) electrons. The first kappa shape index (κ1) is 12.5. The van der Waals surface area contributed by atoms with E-state index in [1.165, 1.54) is 19.2 Å². The molecular weight excluding hydrogens is 232 g/mol. The Morgan fingerprint density at radius 3 is 2.38 bits per heavy atom. The van der Waals surface area contributed by atoms with Crippen molar-refractivity contribution >= 4 is 16.1 Å². The van der Waals surface area contributed by atoms with Gasteiger partial charge in [0.1, 0.15) is 0 Å². The molecule has 1 aromatic rings. The van der Waals surface area contributed by atoms with Gasteiger partial charge in [-0.05, 0) is 12.1 Å². The maximum Gasteiger partial charge on any atom is 0.424 e. The predicted octanol–water partition coefficient (Wildman–Crippen LogP) is 0.578. The van der Waals surface area contributed by atoms with Crippen molar-refractivity contribution in [3.8, 4) is 0 Å². The molecule has 0 aliphatic carbocycles. The van der Waals surface area contributed by atoms with Gasteiger partial charge in [0, 0.05) is 7.05 Å². The van der Waals surface area contributed by atoms with Gasteiger partial charge in [0.25, 0.3) is 10.0 Å². The molecule has 0 aliphatic heterocycles. The van der Waals surface area contributed by atoms with Crippen LogP contribution in [0, 0.1) is 0 Å². The molecule has 0 aromatic heterocycles. The van der Waals surface area contributed by atoms with Crippen molar-refractivity contribution in [3.63, 3.8) is 0 Å². The second-order valence-electron chi connectivity index (χ2n) is 2.94. The number of nitrogens with one attached hydrogen (secondary N) is 1. The minimum atomic E-state index is -3.74. The zero-order chi connectivity index (χ0) is 12.2. The van der Waals surface area contributed by atoms with Crippen molar-refractivity contribution in [1.82, 2.24) is 9.84 Å². The summed E-state index contributed by atoms with van der Waals surface area (Å²) in [4.78, 5) is 13.1. The topological polar surface area (TPSA) is 75.7 Å². The van der Waals surface area contributed by atoms with Gasteiger partial charge in [0.2, 0.25) is 0 Å². The van der Waals surface area contributed by atoms with Crippen molar-refractivity contribution in [2.75, 3.05) is 14.2 Å². The first-order valence-electron chi connectivity index (χ1n) is 4.36. The lowest BCUT2D eigenvalue weighted by Gasteiger charge is -2.16. The van der Waals surface area contributed by atoms with E-state index < -0.39 is 16.1 Å². The summed E-state index contributed by atoms with van der Waals surface area (Å²) in [6.45, 7) is 0. The third kappa shape index (κ3) is 2.94. The molecule has 7 heteroatoms. The molecule has 1 rings (SSSR count). The summed E-state index contributed by atoms with van der Waals surface area (Å²) in [6.07, 6.45) is -0.792. The largest absolute Gasteiger partial charge is 0.452 e. The van der Waals surface area contributed by atoms with Crippen molar-refractivity contribution < 1.29 is 17.9 Å². The Labute approximate surface area is 93.8 Å². The second kappa shape index (κ2) is 4.95. The number of sulfonamides is 1. The minimum absolute atomic E-state index is 0.0748. The molecule has 0 saturated carbocycles. The van der Waals surface area contributed by atoms with Gasteiger partial charge in [-0.3, -0.25) is 0 Å². The Balaban J connectivity index is 2.85. The fraction of sp³-hybridized carbons (Fsp3) is 0.222. The number of hydrazine groups is 1. The number of carbonyl (C=O) groups excluding carboxylic acids is 1. The number of benzene rings is 1. The normalized spacial score (nSPS) is 10.9. The summed E-state index contributed by atoms with van der Waals surface area (Å²) >= 11 is 0.